The standard InChI is InChI=1S/C17H16O/c1-13-16(18)12-17(13,14-8-4-2-5-9-14)15-10-6-3-7-11-15/h2-11,13H,12H2,1H3. The molecule has 3 rings (SSSR count). The molecule has 0 N–H and O–H groups in total. The fraction of sp³-hybridized carbons (Fsp3) is 0.235. The molecule has 1 fully saturated rings. The highest BCUT2D eigenvalue weighted by atomic mass is 16.1. The molecule has 1 nitrogen and oxygen atoms in total. The summed E-state index contributed by atoms with van der Waals surface area (Å²) in [7, 11) is 0. The predicted octanol–water partition coefficient (Wildman–Crippen LogP) is 3.58. The van der Waals surface area contributed by atoms with Gasteiger partial charge in [0.25, 0.3) is 0 Å². The van der Waals surface area contributed by atoms with Crippen molar-refractivity contribution in [2.75, 3.05) is 0 Å². The first-order valence-electron chi connectivity index (χ1n) is 6.39. The second kappa shape index (κ2) is 4.09. The molecule has 1 unspecified atom stereocenters. The topological polar surface area (TPSA) is 17.1 Å². The van der Waals surface area contributed by atoms with Gasteiger partial charge in [-0.3, -0.25) is 4.79 Å². The van der Waals surface area contributed by atoms with Crippen molar-refractivity contribution in [3.63, 3.8) is 0 Å². The van der Waals surface area contributed by atoms with E-state index in [1.54, 1.807) is 0 Å². The van der Waals surface area contributed by atoms with Crippen LogP contribution in [-0.4, -0.2) is 5.78 Å². The Labute approximate surface area is 107 Å². The van der Waals surface area contributed by atoms with Gasteiger partial charge < -0.3 is 0 Å². The second-order valence-corrected chi connectivity index (χ2v) is 5.07. The molecule has 2 aromatic rings. The molecular weight excluding hydrogens is 220 g/mol. The van der Waals surface area contributed by atoms with E-state index in [1.165, 1.54) is 11.1 Å². The van der Waals surface area contributed by atoms with Gasteiger partial charge in [-0.1, -0.05) is 67.6 Å². The quantitative estimate of drug-likeness (QED) is 0.779. The molecule has 0 bridgehead atoms. The van der Waals surface area contributed by atoms with E-state index in [4.69, 9.17) is 0 Å². The van der Waals surface area contributed by atoms with Gasteiger partial charge in [-0.25, -0.2) is 0 Å². The Balaban J connectivity index is 2.15. The van der Waals surface area contributed by atoms with Crippen molar-refractivity contribution < 1.29 is 4.79 Å². The summed E-state index contributed by atoms with van der Waals surface area (Å²) in [5.41, 5.74) is 2.39. The van der Waals surface area contributed by atoms with E-state index in [0.717, 1.165) is 0 Å². The normalized spacial score (nSPS) is 21.4. The van der Waals surface area contributed by atoms with Crippen LogP contribution < -0.4 is 0 Å². The molecule has 1 atom stereocenters. The van der Waals surface area contributed by atoms with E-state index in [-0.39, 0.29) is 11.3 Å². The SMILES string of the molecule is CC1C(=O)CC1(c1ccccc1)c1ccccc1. The third-order valence-electron chi connectivity index (χ3n) is 4.25. The van der Waals surface area contributed by atoms with Gasteiger partial charge in [-0.2, -0.15) is 0 Å². The lowest BCUT2D eigenvalue weighted by atomic mass is 9.53. The Morgan fingerprint density at radius 1 is 0.889 bits per heavy atom. The summed E-state index contributed by atoms with van der Waals surface area (Å²) < 4.78 is 0. The first-order chi connectivity index (χ1) is 8.75. The van der Waals surface area contributed by atoms with E-state index in [1.807, 2.05) is 19.1 Å². The zero-order valence-electron chi connectivity index (χ0n) is 10.5. The third kappa shape index (κ3) is 1.43. The van der Waals surface area contributed by atoms with Crippen LogP contribution in [0, 0.1) is 5.92 Å². The number of hydrogen-bond donors (Lipinski definition) is 0. The molecule has 0 aliphatic heterocycles. The maximum Gasteiger partial charge on any atom is 0.138 e. The predicted molar refractivity (Wildman–Crippen MR) is 72.5 cm³/mol. The van der Waals surface area contributed by atoms with Crippen molar-refractivity contribution in [1.29, 1.82) is 0 Å². The van der Waals surface area contributed by atoms with Gasteiger partial charge in [0.15, 0.2) is 0 Å². The summed E-state index contributed by atoms with van der Waals surface area (Å²) in [6.45, 7) is 2.05. The van der Waals surface area contributed by atoms with Crippen molar-refractivity contribution in [2.24, 2.45) is 5.92 Å². The highest BCUT2D eigenvalue weighted by Crippen LogP contribution is 2.50. The van der Waals surface area contributed by atoms with Gasteiger partial charge in [0.05, 0.1) is 0 Å². The van der Waals surface area contributed by atoms with Crippen LogP contribution in [0.1, 0.15) is 24.5 Å². The number of carbonyl (C=O) groups excluding carboxylic acids is 1. The van der Waals surface area contributed by atoms with Crippen LogP contribution in [0.15, 0.2) is 60.7 Å². The Morgan fingerprint density at radius 2 is 1.33 bits per heavy atom. The minimum atomic E-state index is -0.112. The van der Waals surface area contributed by atoms with E-state index >= 15 is 0 Å². The minimum Gasteiger partial charge on any atom is -0.299 e. The third-order valence-corrected chi connectivity index (χ3v) is 4.25. The summed E-state index contributed by atoms with van der Waals surface area (Å²) in [6, 6.07) is 20.8. The fourth-order valence-corrected chi connectivity index (χ4v) is 3.07. The zero-order valence-corrected chi connectivity index (χ0v) is 10.5. The molecule has 90 valence electrons. The number of Topliss-reactive ketones (excluding diaryl/α,β-unsaturated/α-hetero) is 1. The van der Waals surface area contributed by atoms with Crippen molar-refractivity contribution in [2.45, 2.75) is 18.8 Å². The summed E-state index contributed by atoms with van der Waals surface area (Å²) >= 11 is 0. The summed E-state index contributed by atoms with van der Waals surface area (Å²) in [6.07, 6.45) is 0.627. The fourth-order valence-electron chi connectivity index (χ4n) is 3.07. The van der Waals surface area contributed by atoms with Crippen LogP contribution >= 0.6 is 0 Å². The molecule has 1 aliphatic rings. The second-order valence-electron chi connectivity index (χ2n) is 5.07. The van der Waals surface area contributed by atoms with Crippen LogP contribution in [0.5, 0.6) is 0 Å². The van der Waals surface area contributed by atoms with Crippen LogP contribution in [0.4, 0.5) is 0 Å². The van der Waals surface area contributed by atoms with Gasteiger partial charge in [0, 0.05) is 17.8 Å². The number of hydrogen-bond acceptors (Lipinski definition) is 1. The van der Waals surface area contributed by atoms with Crippen molar-refractivity contribution >= 4 is 5.78 Å². The zero-order chi connectivity index (χ0) is 12.6. The van der Waals surface area contributed by atoms with Crippen molar-refractivity contribution in [1.82, 2.24) is 0 Å². The van der Waals surface area contributed by atoms with Crippen molar-refractivity contribution in [3.05, 3.63) is 71.8 Å². The lowest BCUT2D eigenvalue weighted by molar-refractivity contribution is -0.133. The molecule has 0 radical (unpaired) electrons. The lowest BCUT2D eigenvalue weighted by Gasteiger charge is -2.47. The number of benzene rings is 2. The molecule has 2 aromatic carbocycles. The molecule has 1 saturated carbocycles. The highest BCUT2D eigenvalue weighted by Gasteiger charge is 2.52. The largest absolute Gasteiger partial charge is 0.299 e. The van der Waals surface area contributed by atoms with Crippen LogP contribution in [0.2, 0.25) is 0 Å². The first-order valence-corrected chi connectivity index (χ1v) is 6.39. The van der Waals surface area contributed by atoms with E-state index in [2.05, 4.69) is 48.5 Å². The van der Waals surface area contributed by atoms with Crippen molar-refractivity contribution in [3.8, 4) is 0 Å². The van der Waals surface area contributed by atoms with Gasteiger partial charge in [0.1, 0.15) is 5.78 Å². The maximum absolute atomic E-state index is 11.8. The Hall–Kier alpha value is -1.89. The molecule has 0 saturated heterocycles. The molecule has 1 heteroatoms. The van der Waals surface area contributed by atoms with Gasteiger partial charge in [0.2, 0.25) is 0 Å². The summed E-state index contributed by atoms with van der Waals surface area (Å²) in [4.78, 5) is 11.8. The summed E-state index contributed by atoms with van der Waals surface area (Å²) in [5.74, 6) is 0.435. The molecule has 0 aromatic heterocycles. The smallest absolute Gasteiger partial charge is 0.138 e. The van der Waals surface area contributed by atoms with Crippen LogP contribution in [0.25, 0.3) is 0 Å². The lowest BCUT2D eigenvalue weighted by Crippen LogP contribution is -2.51. The number of carbonyl (C=O) groups is 1. The Morgan fingerprint density at radius 3 is 1.67 bits per heavy atom. The van der Waals surface area contributed by atoms with E-state index < -0.39 is 0 Å². The number of ketones is 1. The Kier molecular flexibility index (Phi) is 2.55. The average molecular weight is 236 g/mol. The minimum absolute atomic E-state index is 0.0716. The number of rotatable bonds is 2. The van der Waals surface area contributed by atoms with Crippen LogP contribution in [-0.2, 0) is 10.2 Å². The Bertz CT molecular complexity index is 517. The van der Waals surface area contributed by atoms with Gasteiger partial charge in [-0.05, 0) is 11.1 Å². The van der Waals surface area contributed by atoms with Crippen LogP contribution in [0.3, 0.4) is 0 Å². The average Bonchev–Trinajstić information content (AvgIpc) is 2.46. The maximum atomic E-state index is 11.8. The summed E-state index contributed by atoms with van der Waals surface area (Å²) in [5, 5.41) is 0. The molecule has 0 heterocycles. The first kappa shape index (κ1) is 11.2. The van der Waals surface area contributed by atoms with E-state index in [9.17, 15) is 4.79 Å². The molecule has 1 aliphatic carbocycles. The molecule has 0 spiro atoms. The monoisotopic (exact) mass is 236 g/mol. The molecule has 0 amide bonds. The van der Waals surface area contributed by atoms with E-state index in [0.29, 0.717) is 12.2 Å². The van der Waals surface area contributed by atoms with Gasteiger partial charge in [-0.15, -0.1) is 0 Å². The highest BCUT2D eigenvalue weighted by molar-refractivity contribution is 5.92. The molecule has 18 heavy (non-hydrogen) atoms. The molecular formula is C17H16O. The van der Waals surface area contributed by atoms with Gasteiger partial charge >= 0.3 is 0 Å².